The van der Waals surface area contributed by atoms with Crippen LogP contribution in [0.15, 0.2) is 28.4 Å². The molecule has 0 aromatic heterocycles. The van der Waals surface area contributed by atoms with Crippen LogP contribution >= 0.6 is 12.4 Å². The van der Waals surface area contributed by atoms with Crippen molar-refractivity contribution in [3.05, 3.63) is 34.9 Å². The van der Waals surface area contributed by atoms with Crippen molar-refractivity contribution in [1.29, 1.82) is 0 Å². The predicted octanol–water partition coefficient (Wildman–Crippen LogP) is 1.33. The monoisotopic (exact) mass is 226 g/mol. The van der Waals surface area contributed by atoms with E-state index in [9.17, 15) is 0 Å². The van der Waals surface area contributed by atoms with Gasteiger partial charge in [-0.3, -0.25) is 0 Å². The van der Waals surface area contributed by atoms with E-state index in [2.05, 4.69) is 16.3 Å². The van der Waals surface area contributed by atoms with Gasteiger partial charge in [-0.05, 0) is 25.0 Å². The Bertz CT molecular complexity index is 381. The zero-order valence-corrected chi connectivity index (χ0v) is 9.58. The zero-order chi connectivity index (χ0) is 10.6. The first-order valence-corrected chi connectivity index (χ1v) is 4.29. The summed E-state index contributed by atoms with van der Waals surface area (Å²) in [4.78, 5) is 0. The molecule has 0 aliphatic rings. The standard InChI is InChI=1S/C10H14N4.ClH/c1-7-3-4-9(8(2)5-7)6-13-14-10(11)12;/h3-6H,1-2H3,(H4,11,12,14);1H. The lowest BCUT2D eigenvalue weighted by atomic mass is 10.1. The molecule has 0 saturated heterocycles. The van der Waals surface area contributed by atoms with Crippen molar-refractivity contribution in [3.8, 4) is 0 Å². The van der Waals surface area contributed by atoms with Gasteiger partial charge in [-0.25, -0.2) is 0 Å². The van der Waals surface area contributed by atoms with Crippen molar-refractivity contribution in [3.63, 3.8) is 0 Å². The number of hydrogen-bond acceptors (Lipinski definition) is 2. The Balaban J connectivity index is 0.00000196. The molecule has 0 saturated carbocycles. The molecule has 0 aliphatic heterocycles. The molecule has 0 amide bonds. The van der Waals surface area contributed by atoms with Crippen LogP contribution in [0.5, 0.6) is 0 Å². The van der Waals surface area contributed by atoms with Crippen LogP contribution in [-0.4, -0.2) is 12.2 Å². The Morgan fingerprint density at radius 1 is 1.27 bits per heavy atom. The third-order valence-electron chi connectivity index (χ3n) is 1.80. The van der Waals surface area contributed by atoms with Crippen molar-refractivity contribution in [1.82, 2.24) is 0 Å². The molecular weight excluding hydrogens is 212 g/mol. The number of nitrogens with two attached hydrogens (primary N) is 2. The summed E-state index contributed by atoms with van der Waals surface area (Å²) in [6.07, 6.45) is 1.63. The maximum absolute atomic E-state index is 5.13. The van der Waals surface area contributed by atoms with Crippen LogP contribution in [0.1, 0.15) is 16.7 Å². The minimum atomic E-state index is -0.0361. The summed E-state index contributed by atoms with van der Waals surface area (Å²) < 4.78 is 0. The molecule has 0 atom stereocenters. The largest absolute Gasteiger partial charge is 0.369 e. The fourth-order valence-corrected chi connectivity index (χ4v) is 1.13. The lowest BCUT2D eigenvalue weighted by Crippen LogP contribution is -2.21. The van der Waals surface area contributed by atoms with Gasteiger partial charge in [0.1, 0.15) is 0 Å². The Morgan fingerprint density at radius 2 is 1.93 bits per heavy atom. The first-order valence-electron chi connectivity index (χ1n) is 4.29. The molecule has 5 heteroatoms. The Hall–Kier alpha value is -1.55. The number of halogens is 1. The molecular formula is C10H15ClN4. The van der Waals surface area contributed by atoms with Gasteiger partial charge in [0, 0.05) is 0 Å². The number of rotatable bonds is 2. The minimum Gasteiger partial charge on any atom is -0.369 e. The van der Waals surface area contributed by atoms with Gasteiger partial charge in [-0.1, -0.05) is 23.8 Å². The van der Waals surface area contributed by atoms with Gasteiger partial charge < -0.3 is 11.5 Å². The highest BCUT2D eigenvalue weighted by Crippen LogP contribution is 2.07. The molecule has 0 heterocycles. The van der Waals surface area contributed by atoms with Crippen LogP contribution in [0.3, 0.4) is 0 Å². The molecule has 15 heavy (non-hydrogen) atoms. The van der Waals surface area contributed by atoms with Gasteiger partial charge in [0.25, 0.3) is 0 Å². The predicted molar refractivity (Wildman–Crippen MR) is 66.6 cm³/mol. The van der Waals surface area contributed by atoms with Gasteiger partial charge in [0.15, 0.2) is 0 Å². The lowest BCUT2D eigenvalue weighted by molar-refractivity contribution is 1.21. The SMILES string of the molecule is Cc1ccc(C=NN=C(N)N)c(C)c1.Cl. The molecule has 82 valence electrons. The van der Waals surface area contributed by atoms with E-state index in [-0.39, 0.29) is 18.4 Å². The maximum Gasteiger partial charge on any atom is 0.211 e. The summed E-state index contributed by atoms with van der Waals surface area (Å²) in [5.41, 5.74) is 13.7. The highest BCUT2D eigenvalue weighted by Gasteiger charge is 1.93. The molecule has 0 bridgehead atoms. The van der Waals surface area contributed by atoms with E-state index < -0.39 is 0 Å². The number of aryl methyl sites for hydroxylation is 2. The van der Waals surface area contributed by atoms with Gasteiger partial charge in [0.2, 0.25) is 5.96 Å². The maximum atomic E-state index is 5.13. The van der Waals surface area contributed by atoms with E-state index in [1.54, 1.807) is 6.21 Å². The smallest absolute Gasteiger partial charge is 0.211 e. The molecule has 1 rings (SSSR count). The fraction of sp³-hybridized carbons (Fsp3) is 0.200. The minimum absolute atomic E-state index is 0. The highest BCUT2D eigenvalue weighted by atomic mass is 35.5. The van der Waals surface area contributed by atoms with Crippen LogP contribution in [0, 0.1) is 13.8 Å². The van der Waals surface area contributed by atoms with Crippen LogP contribution < -0.4 is 11.5 Å². The van der Waals surface area contributed by atoms with Gasteiger partial charge >= 0.3 is 0 Å². The average molecular weight is 227 g/mol. The second-order valence-corrected chi connectivity index (χ2v) is 3.13. The normalized spacial score (nSPS) is 9.73. The van der Waals surface area contributed by atoms with Crippen molar-refractivity contribution < 1.29 is 0 Å². The van der Waals surface area contributed by atoms with Crippen molar-refractivity contribution >= 4 is 24.6 Å². The number of guanidine groups is 1. The second kappa shape index (κ2) is 6.03. The summed E-state index contributed by atoms with van der Waals surface area (Å²) >= 11 is 0. The van der Waals surface area contributed by atoms with E-state index in [0.29, 0.717) is 0 Å². The molecule has 4 nitrogen and oxygen atoms in total. The third kappa shape index (κ3) is 4.46. The van der Waals surface area contributed by atoms with E-state index in [1.807, 2.05) is 26.0 Å². The molecule has 0 aliphatic carbocycles. The summed E-state index contributed by atoms with van der Waals surface area (Å²) in [6.45, 7) is 4.06. The van der Waals surface area contributed by atoms with Crippen LogP contribution in [-0.2, 0) is 0 Å². The van der Waals surface area contributed by atoms with Crippen molar-refractivity contribution in [2.45, 2.75) is 13.8 Å². The summed E-state index contributed by atoms with van der Waals surface area (Å²) in [5, 5.41) is 7.27. The second-order valence-electron chi connectivity index (χ2n) is 3.13. The van der Waals surface area contributed by atoms with Crippen LogP contribution in [0.2, 0.25) is 0 Å². The molecule has 0 spiro atoms. The van der Waals surface area contributed by atoms with Crippen LogP contribution in [0.4, 0.5) is 0 Å². The fourth-order valence-electron chi connectivity index (χ4n) is 1.13. The molecule has 1 aromatic carbocycles. The molecule has 0 fully saturated rings. The number of hydrogen-bond donors (Lipinski definition) is 2. The van der Waals surface area contributed by atoms with Crippen molar-refractivity contribution in [2.24, 2.45) is 21.7 Å². The van der Waals surface area contributed by atoms with E-state index in [4.69, 9.17) is 11.5 Å². The van der Waals surface area contributed by atoms with E-state index in [0.717, 1.165) is 11.1 Å². The third-order valence-corrected chi connectivity index (χ3v) is 1.80. The molecule has 4 N–H and O–H groups in total. The first kappa shape index (κ1) is 13.4. The average Bonchev–Trinajstić information content (AvgIpc) is 2.08. The Morgan fingerprint density at radius 3 is 2.47 bits per heavy atom. The van der Waals surface area contributed by atoms with Gasteiger partial charge in [-0.2, -0.15) is 5.10 Å². The quantitative estimate of drug-likeness (QED) is 0.454. The molecule has 0 unspecified atom stereocenters. The summed E-state index contributed by atoms with van der Waals surface area (Å²) in [6, 6.07) is 6.08. The topological polar surface area (TPSA) is 76.8 Å². The molecule has 0 radical (unpaired) electrons. The highest BCUT2D eigenvalue weighted by molar-refractivity contribution is 5.85. The first-order chi connectivity index (χ1) is 6.59. The lowest BCUT2D eigenvalue weighted by Gasteiger charge is -1.99. The Labute approximate surface area is 95.5 Å². The number of nitrogens with zero attached hydrogens (tertiary/aromatic N) is 2. The van der Waals surface area contributed by atoms with Gasteiger partial charge in [0.05, 0.1) is 6.21 Å². The van der Waals surface area contributed by atoms with E-state index in [1.165, 1.54) is 5.56 Å². The molecule has 1 aromatic rings. The van der Waals surface area contributed by atoms with Gasteiger partial charge in [-0.15, -0.1) is 17.5 Å². The van der Waals surface area contributed by atoms with Crippen LogP contribution in [0.25, 0.3) is 0 Å². The number of benzene rings is 1. The van der Waals surface area contributed by atoms with E-state index >= 15 is 0 Å². The van der Waals surface area contributed by atoms with Crippen molar-refractivity contribution in [2.75, 3.05) is 0 Å². The Kier molecular flexibility index (Phi) is 5.41. The summed E-state index contributed by atoms with van der Waals surface area (Å²) in [7, 11) is 0. The summed E-state index contributed by atoms with van der Waals surface area (Å²) in [5.74, 6) is -0.0361. The zero-order valence-electron chi connectivity index (χ0n) is 8.77.